The van der Waals surface area contributed by atoms with Crippen LogP contribution in [0.25, 0.3) is 11.4 Å². The standard InChI is InChI=1S/C21H24N4O2/c1-15-22-20(24(2)23-15)16-9-11-17(12-10-16)21(26)25-13-5-3-4-7-18(25)19-8-6-14-27-19/h6,8-12,14,18H,3-5,7,13H2,1-2H3/t18-/m0/s1. The fourth-order valence-corrected chi connectivity index (χ4v) is 3.82. The highest BCUT2D eigenvalue weighted by Gasteiger charge is 2.29. The number of nitrogens with zero attached hydrogens (tertiary/aromatic N) is 4. The van der Waals surface area contributed by atoms with Gasteiger partial charge in [0, 0.05) is 24.7 Å². The molecular formula is C21H24N4O2. The Morgan fingerprint density at radius 1 is 1.15 bits per heavy atom. The molecule has 1 amide bonds. The van der Waals surface area contributed by atoms with Gasteiger partial charge >= 0.3 is 0 Å². The molecule has 1 atom stereocenters. The van der Waals surface area contributed by atoms with Gasteiger partial charge in [-0.05, 0) is 44.0 Å². The molecular weight excluding hydrogens is 340 g/mol. The number of benzene rings is 1. The molecule has 1 aliphatic rings. The van der Waals surface area contributed by atoms with E-state index in [-0.39, 0.29) is 11.9 Å². The number of rotatable bonds is 3. The van der Waals surface area contributed by atoms with Gasteiger partial charge in [-0.3, -0.25) is 4.79 Å². The molecule has 0 saturated carbocycles. The van der Waals surface area contributed by atoms with Crippen molar-refractivity contribution in [2.24, 2.45) is 7.05 Å². The van der Waals surface area contributed by atoms with E-state index in [0.29, 0.717) is 5.56 Å². The maximum atomic E-state index is 13.2. The van der Waals surface area contributed by atoms with Crippen LogP contribution in [0.15, 0.2) is 47.1 Å². The number of amides is 1. The molecule has 1 fully saturated rings. The average molecular weight is 364 g/mol. The predicted molar refractivity (Wildman–Crippen MR) is 102 cm³/mol. The molecule has 3 aromatic rings. The molecule has 0 radical (unpaired) electrons. The summed E-state index contributed by atoms with van der Waals surface area (Å²) >= 11 is 0. The number of aromatic nitrogens is 3. The van der Waals surface area contributed by atoms with Crippen LogP contribution in [0.2, 0.25) is 0 Å². The van der Waals surface area contributed by atoms with Gasteiger partial charge in [-0.25, -0.2) is 9.67 Å². The van der Waals surface area contributed by atoms with E-state index in [1.165, 1.54) is 0 Å². The molecule has 140 valence electrons. The van der Waals surface area contributed by atoms with Gasteiger partial charge < -0.3 is 9.32 Å². The molecule has 0 unspecified atom stereocenters. The van der Waals surface area contributed by atoms with Gasteiger partial charge in [-0.1, -0.05) is 25.0 Å². The van der Waals surface area contributed by atoms with Crippen LogP contribution in [-0.2, 0) is 7.05 Å². The van der Waals surface area contributed by atoms with Gasteiger partial charge in [0.15, 0.2) is 5.82 Å². The smallest absolute Gasteiger partial charge is 0.254 e. The van der Waals surface area contributed by atoms with Crippen molar-refractivity contribution in [2.45, 2.75) is 38.6 Å². The molecule has 0 spiro atoms. The lowest BCUT2D eigenvalue weighted by Gasteiger charge is -2.28. The largest absolute Gasteiger partial charge is 0.467 e. The zero-order chi connectivity index (χ0) is 18.8. The van der Waals surface area contributed by atoms with Crippen LogP contribution >= 0.6 is 0 Å². The summed E-state index contributed by atoms with van der Waals surface area (Å²) < 4.78 is 7.38. The molecule has 0 bridgehead atoms. The fraction of sp³-hybridized carbons (Fsp3) is 0.381. The van der Waals surface area contributed by atoms with Crippen molar-refractivity contribution in [1.82, 2.24) is 19.7 Å². The first-order chi connectivity index (χ1) is 13.1. The normalized spacial score (nSPS) is 17.7. The van der Waals surface area contributed by atoms with E-state index < -0.39 is 0 Å². The van der Waals surface area contributed by atoms with Gasteiger partial charge in [-0.15, -0.1) is 0 Å². The van der Waals surface area contributed by atoms with Gasteiger partial charge in [0.05, 0.1) is 12.3 Å². The molecule has 1 aromatic carbocycles. The van der Waals surface area contributed by atoms with Crippen LogP contribution in [0.3, 0.4) is 0 Å². The molecule has 1 saturated heterocycles. The van der Waals surface area contributed by atoms with E-state index in [2.05, 4.69) is 10.1 Å². The van der Waals surface area contributed by atoms with Crippen molar-refractivity contribution in [1.29, 1.82) is 0 Å². The molecule has 6 nitrogen and oxygen atoms in total. The summed E-state index contributed by atoms with van der Waals surface area (Å²) in [6, 6.07) is 11.5. The minimum absolute atomic E-state index is 0.0102. The van der Waals surface area contributed by atoms with E-state index in [0.717, 1.165) is 55.2 Å². The summed E-state index contributed by atoms with van der Waals surface area (Å²) in [5.41, 5.74) is 1.64. The second-order valence-electron chi connectivity index (χ2n) is 7.06. The molecule has 0 N–H and O–H groups in total. The van der Waals surface area contributed by atoms with Crippen molar-refractivity contribution in [3.63, 3.8) is 0 Å². The number of hydrogen-bond acceptors (Lipinski definition) is 4. The van der Waals surface area contributed by atoms with Gasteiger partial charge in [0.25, 0.3) is 5.91 Å². The summed E-state index contributed by atoms with van der Waals surface area (Å²) in [5.74, 6) is 2.46. The SMILES string of the molecule is Cc1nc(-c2ccc(C(=O)N3CCCCC[C@H]3c3ccco3)cc2)n(C)n1. The second-order valence-corrected chi connectivity index (χ2v) is 7.06. The highest BCUT2D eigenvalue weighted by molar-refractivity contribution is 5.95. The fourth-order valence-electron chi connectivity index (χ4n) is 3.82. The third-order valence-electron chi connectivity index (χ3n) is 5.14. The first-order valence-corrected chi connectivity index (χ1v) is 9.46. The van der Waals surface area contributed by atoms with E-state index in [4.69, 9.17) is 4.42 Å². The molecule has 6 heteroatoms. The highest BCUT2D eigenvalue weighted by atomic mass is 16.3. The minimum Gasteiger partial charge on any atom is -0.467 e. The lowest BCUT2D eigenvalue weighted by Crippen LogP contribution is -2.34. The van der Waals surface area contributed by atoms with Crippen LogP contribution in [0, 0.1) is 6.92 Å². The Morgan fingerprint density at radius 2 is 1.96 bits per heavy atom. The average Bonchev–Trinajstić information content (AvgIpc) is 3.24. The predicted octanol–water partition coefficient (Wildman–Crippen LogP) is 4.14. The molecule has 2 aromatic heterocycles. The number of hydrogen-bond donors (Lipinski definition) is 0. The van der Waals surface area contributed by atoms with Crippen molar-refractivity contribution in [3.05, 3.63) is 59.8 Å². The number of likely N-dealkylation sites (tertiary alicyclic amines) is 1. The van der Waals surface area contributed by atoms with E-state index >= 15 is 0 Å². The first-order valence-electron chi connectivity index (χ1n) is 9.46. The van der Waals surface area contributed by atoms with Crippen LogP contribution in [0.5, 0.6) is 0 Å². The van der Waals surface area contributed by atoms with Crippen LogP contribution in [0.4, 0.5) is 0 Å². The molecule has 1 aliphatic heterocycles. The third-order valence-corrected chi connectivity index (χ3v) is 5.14. The van der Waals surface area contributed by atoms with Crippen molar-refractivity contribution >= 4 is 5.91 Å². The Hall–Kier alpha value is -2.89. The number of carbonyl (C=O) groups is 1. The van der Waals surface area contributed by atoms with E-state index in [1.807, 2.05) is 55.3 Å². The molecule has 27 heavy (non-hydrogen) atoms. The van der Waals surface area contributed by atoms with Crippen molar-refractivity contribution in [2.75, 3.05) is 6.54 Å². The summed E-state index contributed by atoms with van der Waals surface area (Å²) in [6.45, 7) is 2.63. The Morgan fingerprint density at radius 3 is 2.63 bits per heavy atom. The highest BCUT2D eigenvalue weighted by Crippen LogP contribution is 2.32. The van der Waals surface area contributed by atoms with Crippen molar-refractivity contribution in [3.8, 4) is 11.4 Å². The zero-order valence-electron chi connectivity index (χ0n) is 15.8. The molecule has 0 aliphatic carbocycles. The summed E-state index contributed by atoms with van der Waals surface area (Å²) in [5, 5.41) is 4.29. The summed E-state index contributed by atoms with van der Waals surface area (Å²) in [4.78, 5) is 19.6. The number of aryl methyl sites for hydroxylation is 2. The number of carbonyl (C=O) groups excluding carboxylic acids is 1. The van der Waals surface area contributed by atoms with Gasteiger partial charge in [0.1, 0.15) is 11.6 Å². The topological polar surface area (TPSA) is 64.2 Å². The first kappa shape index (κ1) is 17.5. The minimum atomic E-state index is 0.0102. The van der Waals surface area contributed by atoms with E-state index in [9.17, 15) is 4.79 Å². The zero-order valence-corrected chi connectivity index (χ0v) is 15.8. The van der Waals surface area contributed by atoms with Crippen LogP contribution in [0.1, 0.15) is 53.7 Å². The Bertz CT molecular complexity index is 912. The van der Waals surface area contributed by atoms with E-state index in [1.54, 1.807) is 10.9 Å². The number of furan rings is 1. The maximum absolute atomic E-state index is 13.2. The quantitative estimate of drug-likeness (QED) is 0.701. The Kier molecular flexibility index (Phi) is 4.79. The second kappa shape index (κ2) is 7.39. The Labute approximate surface area is 158 Å². The monoisotopic (exact) mass is 364 g/mol. The lowest BCUT2D eigenvalue weighted by molar-refractivity contribution is 0.0658. The summed E-state index contributed by atoms with van der Waals surface area (Å²) in [6.07, 6.45) is 5.90. The third kappa shape index (κ3) is 3.52. The molecule has 4 rings (SSSR count). The lowest BCUT2D eigenvalue weighted by atomic mass is 10.1. The van der Waals surface area contributed by atoms with Crippen molar-refractivity contribution < 1.29 is 9.21 Å². The van der Waals surface area contributed by atoms with Crippen LogP contribution in [-0.4, -0.2) is 32.1 Å². The van der Waals surface area contributed by atoms with Crippen LogP contribution < -0.4 is 0 Å². The molecule has 3 heterocycles. The summed E-state index contributed by atoms with van der Waals surface area (Å²) in [7, 11) is 1.87. The Balaban J connectivity index is 1.60. The van der Waals surface area contributed by atoms with Gasteiger partial charge in [-0.2, -0.15) is 5.10 Å². The van der Waals surface area contributed by atoms with Gasteiger partial charge in [0.2, 0.25) is 0 Å². The maximum Gasteiger partial charge on any atom is 0.254 e.